The van der Waals surface area contributed by atoms with Crippen LogP contribution in [-0.2, 0) is 14.0 Å². The molecule has 4 saturated carbocycles. The fourth-order valence-electron chi connectivity index (χ4n) is 8.95. The van der Waals surface area contributed by atoms with E-state index < -0.39 is 13.9 Å². The highest BCUT2D eigenvalue weighted by atomic mass is 28.4. The van der Waals surface area contributed by atoms with Gasteiger partial charge < -0.3 is 9.53 Å². The van der Waals surface area contributed by atoms with Gasteiger partial charge in [-0.05, 0) is 147 Å². The molecule has 0 radical (unpaired) electrons. The predicted octanol–water partition coefficient (Wildman–Crippen LogP) is 9.57. The van der Waals surface area contributed by atoms with Gasteiger partial charge in [0.05, 0.1) is 11.2 Å². The van der Waals surface area contributed by atoms with Crippen LogP contribution in [0.15, 0.2) is 0 Å². The molecule has 4 aliphatic carbocycles. The molecule has 0 aromatic carbocycles. The molecule has 4 nitrogen and oxygen atoms in total. The van der Waals surface area contributed by atoms with E-state index in [0.29, 0.717) is 22.4 Å². The van der Waals surface area contributed by atoms with Gasteiger partial charge >= 0.3 is 0 Å². The lowest BCUT2D eigenvalue weighted by Gasteiger charge is -2.34. The first kappa shape index (κ1) is 34.0. The summed E-state index contributed by atoms with van der Waals surface area (Å²) in [5.41, 5.74) is 0.303. The van der Waals surface area contributed by atoms with Gasteiger partial charge in [-0.1, -0.05) is 25.7 Å². The van der Waals surface area contributed by atoms with E-state index in [9.17, 15) is 14.7 Å². The Kier molecular flexibility index (Phi) is 11.8. The van der Waals surface area contributed by atoms with Crippen LogP contribution in [0.4, 0.5) is 0 Å². The summed E-state index contributed by atoms with van der Waals surface area (Å²) in [5.74, 6) is 2.68. The van der Waals surface area contributed by atoms with Crippen molar-refractivity contribution in [3.63, 3.8) is 0 Å². The summed E-state index contributed by atoms with van der Waals surface area (Å²) in [6.45, 7) is 15.1. The van der Waals surface area contributed by atoms with E-state index in [1.165, 1.54) is 77.0 Å². The second kappa shape index (κ2) is 13.8. The van der Waals surface area contributed by atoms with Crippen molar-refractivity contribution in [1.82, 2.24) is 0 Å². The van der Waals surface area contributed by atoms with Crippen molar-refractivity contribution in [2.75, 3.05) is 0 Å². The van der Waals surface area contributed by atoms with Crippen LogP contribution < -0.4 is 0 Å². The van der Waals surface area contributed by atoms with E-state index in [4.69, 9.17) is 4.43 Å². The summed E-state index contributed by atoms with van der Waals surface area (Å²) in [5, 5.41) is 9.72. The quantitative estimate of drug-likeness (QED) is 0.263. The fraction of sp³-hybridized carbons (Fsp3) is 0.943. The van der Waals surface area contributed by atoms with Crippen molar-refractivity contribution in [2.24, 2.45) is 22.7 Å². The van der Waals surface area contributed by atoms with Crippen LogP contribution in [0.25, 0.3) is 0 Å². The number of Topliss-reactive ketones (excluding diaryl/α,β-unsaturated/α-hetero) is 2. The Morgan fingerprint density at radius 1 is 0.775 bits per heavy atom. The SMILES string of the molecule is CC(C)(CCC[C@@H]1CC[C@]2(CCCC(=O)C2)C1)O[Si](C)(C)C.CC(C)(O)CCC[C@@H]1CC[C@]2(CCCC(=O)C2)C1. The zero-order chi connectivity index (χ0) is 29.7. The third kappa shape index (κ3) is 11.6. The monoisotopic (exact) mass is 576 g/mol. The fourth-order valence-corrected chi connectivity index (χ4v) is 10.7. The third-order valence-electron chi connectivity index (χ3n) is 10.5. The maximum absolute atomic E-state index is 11.8. The molecule has 0 aliphatic heterocycles. The van der Waals surface area contributed by atoms with Gasteiger partial charge in [-0.15, -0.1) is 0 Å². The first-order valence-electron chi connectivity index (χ1n) is 16.9. The normalized spacial score (nSPS) is 31.6. The number of aliphatic hydroxyl groups is 1. The van der Waals surface area contributed by atoms with Gasteiger partial charge in [0.15, 0.2) is 8.32 Å². The first-order chi connectivity index (χ1) is 18.5. The van der Waals surface area contributed by atoms with Gasteiger partial charge in [0, 0.05) is 25.7 Å². The Hall–Kier alpha value is -0.523. The molecule has 4 aliphatic rings. The van der Waals surface area contributed by atoms with E-state index in [2.05, 4.69) is 33.5 Å². The van der Waals surface area contributed by atoms with Gasteiger partial charge in [-0.25, -0.2) is 0 Å². The van der Waals surface area contributed by atoms with Gasteiger partial charge in [-0.2, -0.15) is 0 Å². The second-order valence-corrected chi connectivity index (χ2v) is 21.4. The highest BCUT2D eigenvalue weighted by Crippen LogP contribution is 2.52. The third-order valence-corrected chi connectivity index (χ3v) is 11.6. The standard InChI is InChI=1S/C19H36O2Si.C16H28O2/c1-18(2,21-22(3,4)5)11-6-8-16-10-13-19(14-16)12-7-9-17(20)15-19;1-15(2,18)8-3-5-13-7-10-16(11-13)9-4-6-14(17)12-16/h16H,6-15H2,1-5H3;13,18H,3-12H2,1-2H3/t16-,19-;13-,16-/m11/s1. The summed E-state index contributed by atoms with van der Waals surface area (Å²) in [4.78, 5) is 23.4. The maximum Gasteiger partial charge on any atom is 0.184 e. The van der Waals surface area contributed by atoms with Crippen LogP contribution in [0.5, 0.6) is 0 Å². The van der Waals surface area contributed by atoms with Crippen molar-refractivity contribution < 1.29 is 19.1 Å². The summed E-state index contributed by atoms with van der Waals surface area (Å²) in [6, 6.07) is 0. The Labute approximate surface area is 248 Å². The van der Waals surface area contributed by atoms with Gasteiger partial charge in [-0.3, -0.25) is 9.59 Å². The molecular weight excluding hydrogens is 512 g/mol. The smallest absolute Gasteiger partial charge is 0.184 e. The summed E-state index contributed by atoms with van der Waals surface area (Å²) < 4.78 is 6.31. The van der Waals surface area contributed by atoms with Crippen LogP contribution in [0.2, 0.25) is 19.6 Å². The number of rotatable bonds is 10. The lowest BCUT2D eigenvalue weighted by atomic mass is 9.72. The molecule has 4 fully saturated rings. The van der Waals surface area contributed by atoms with Crippen LogP contribution in [-0.4, -0.2) is 36.2 Å². The van der Waals surface area contributed by atoms with Crippen LogP contribution >= 0.6 is 0 Å². The molecule has 4 rings (SSSR count). The van der Waals surface area contributed by atoms with Crippen LogP contribution in [0, 0.1) is 22.7 Å². The lowest BCUT2D eigenvalue weighted by molar-refractivity contribution is -0.124. The van der Waals surface area contributed by atoms with Gasteiger partial charge in [0.2, 0.25) is 0 Å². The Bertz CT molecular complexity index is 837. The molecule has 232 valence electrons. The van der Waals surface area contributed by atoms with Crippen molar-refractivity contribution in [1.29, 1.82) is 0 Å². The average molecular weight is 577 g/mol. The van der Waals surface area contributed by atoms with Crippen molar-refractivity contribution >= 4 is 19.9 Å². The molecular formula is C35H64O4Si. The van der Waals surface area contributed by atoms with E-state index in [-0.39, 0.29) is 5.60 Å². The summed E-state index contributed by atoms with van der Waals surface area (Å²) in [6.07, 6.45) is 23.1. The van der Waals surface area contributed by atoms with Crippen LogP contribution in [0.1, 0.15) is 156 Å². The molecule has 0 saturated heterocycles. The minimum atomic E-state index is -1.45. The molecule has 0 aromatic heterocycles. The van der Waals surface area contributed by atoms with E-state index in [1.54, 1.807) is 0 Å². The number of carbonyl (C=O) groups is 2. The highest BCUT2D eigenvalue weighted by molar-refractivity contribution is 6.69. The largest absolute Gasteiger partial charge is 0.413 e. The molecule has 0 unspecified atom stereocenters. The topological polar surface area (TPSA) is 63.6 Å². The molecule has 0 heterocycles. The molecule has 0 aromatic rings. The first-order valence-corrected chi connectivity index (χ1v) is 20.3. The minimum absolute atomic E-state index is 0.0293. The number of hydrogen-bond acceptors (Lipinski definition) is 4. The van der Waals surface area contributed by atoms with E-state index in [1.807, 2.05) is 13.8 Å². The van der Waals surface area contributed by atoms with Gasteiger partial charge in [0.1, 0.15) is 11.6 Å². The highest BCUT2D eigenvalue weighted by Gasteiger charge is 2.43. The van der Waals surface area contributed by atoms with Crippen molar-refractivity contribution in [2.45, 2.75) is 187 Å². The molecule has 1 N–H and O–H groups in total. The van der Waals surface area contributed by atoms with Gasteiger partial charge in [0.25, 0.3) is 0 Å². The zero-order valence-corrected chi connectivity index (χ0v) is 28.5. The molecule has 40 heavy (non-hydrogen) atoms. The van der Waals surface area contributed by atoms with E-state index in [0.717, 1.165) is 63.2 Å². The number of carbonyl (C=O) groups excluding carboxylic acids is 2. The number of hydrogen-bond donors (Lipinski definition) is 1. The van der Waals surface area contributed by atoms with E-state index >= 15 is 0 Å². The molecule has 0 amide bonds. The zero-order valence-electron chi connectivity index (χ0n) is 27.5. The predicted molar refractivity (Wildman–Crippen MR) is 169 cm³/mol. The summed E-state index contributed by atoms with van der Waals surface area (Å²) >= 11 is 0. The number of ketones is 2. The average Bonchev–Trinajstić information content (AvgIpc) is 3.35. The van der Waals surface area contributed by atoms with Crippen LogP contribution in [0.3, 0.4) is 0 Å². The second-order valence-electron chi connectivity index (χ2n) is 16.9. The maximum atomic E-state index is 11.8. The Morgan fingerprint density at radius 3 is 1.62 bits per heavy atom. The minimum Gasteiger partial charge on any atom is -0.413 e. The molecule has 4 atom stereocenters. The Morgan fingerprint density at radius 2 is 1.23 bits per heavy atom. The van der Waals surface area contributed by atoms with Crippen molar-refractivity contribution in [3.05, 3.63) is 0 Å². The lowest BCUT2D eigenvalue weighted by Crippen LogP contribution is -2.38. The molecule has 2 spiro atoms. The molecule has 5 heteroatoms. The molecule has 0 bridgehead atoms. The summed E-state index contributed by atoms with van der Waals surface area (Å²) in [7, 11) is -1.45. The Balaban J connectivity index is 0.000000225. The van der Waals surface area contributed by atoms with Crippen molar-refractivity contribution in [3.8, 4) is 0 Å².